The van der Waals surface area contributed by atoms with Crippen molar-refractivity contribution in [1.82, 2.24) is 5.32 Å². The first-order chi connectivity index (χ1) is 19.2. The second-order valence-corrected chi connectivity index (χ2v) is 11.7. The Labute approximate surface area is 233 Å². The maximum atomic E-state index is 14.5. The first-order valence-corrected chi connectivity index (χ1v) is 14.4. The molecule has 8 nitrogen and oxygen atoms in total. The van der Waals surface area contributed by atoms with Gasteiger partial charge in [0.25, 0.3) is 0 Å². The molecule has 9 heteroatoms. The summed E-state index contributed by atoms with van der Waals surface area (Å²) in [6, 6.07) is 21.0. The van der Waals surface area contributed by atoms with Crippen molar-refractivity contribution in [2.75, 3.05) is 13.2 Å². The van der Waals surface area contributed by atoms with Crippen LogP contribution >= 0.6 is 7.14 Å². The van der Waals surface area contributed by atoms with Crippen LogP contribution in [0, 0.1) is 13.8 Å². The molecule has 0 aliphatic heterocycles. The Morgan fingerprint density at radius 1 is 0.825 bits per heavy atom. The van der Waals surface area contributed by atoms with Crippen LogP contribution in [-0.4, -0.2) is 36.5 Å². The van der Waals surface area contributed by atoms with E-state index in [2.05, 4.69) is 11.9 Å². The fourth-order valence-corrected chi connectivity index (χ4v) is 6.83. The lowest BCUT2D eigenvalue weighted by Crippen LogP contribution is -2.26. The lowest BCUT2D eigenvalue weighted by Gasteiger charge is -2.21. The van der Waals surface area contributed by atoms with Crippen LogP contribution in [0.15, 0.2) is 85.5 Å². The van der Waals surface area contributed by atoms with Crippen molar-refractivity contribution in [1.29, 1.82) is 0 Å². The number of carbonyl (C=O) groups is 4. The number of aryl methyl sites for hydroxylation is 2. The molecule has 1 amide bonds. The first kappa shape index (κ1) is 30.3. The van der Waals surface area contributed by atoms with Crippen molar-refractivity contribution in [3.8, 4) is 0 Å². The summed E-state index contributed by atoms with van der Waals surface area (Å²) in [5.41, 5.74) is 1.82. The van der Waals surface area contributed by atoms with E-state index in [1.807, 2.05) is 12.1 Å². The molecule has 0 fully saturated rings. The number of esters is 2. The van der Waals surface area contributed by atoms with Crippen molar-refractivity contribution >= 4 is 41.1 Å². The maximum absolute atomic E-state index is 14.5. The molecule has 40 heavy (non-hydrogen) atoms. The SMILES string of the molecule is C=CC(=O)NCCOC(=O)CCC(=O)OCc1cc(C)c(C(=O)P(=O)(c2ccccc2)c2ccccc2)c(C)c1. The molecule has 0 saturated carbocycles. The van der Waals surface area contributed by atoms with Gasteiger partial charge >= 0.3 is 11.9 Å². The number of hydrogen-bond acceptors (Lipinski definition) is 7. The average Bonchev–Trinajstić information content (AvgIpc) is 2.97. The minimum absolute atomic E-state index is 0.0153. The van der Waals surface area contributed by atoms with E-state index in [1.54, 1.807) is 74.5 Å². The second kappa shape index (κ2) is 14.2. The molecule has 0 aliphatic carbocycles. The van der Waals surface area contributed by atoms with Crippen molar-refractivity contribution in [3.05, 3.63) is 108 Å². The third-order valence-electron chi connectivity index (χ3n) is 6.11. The summed E-state index contributed by atoms with van der Waals surface area (Å²) in [4.78, 5) is 49.0. The summed E-state index contributed by atoms with van der Waals surface area (Å²) < 4.78 is 24.8. The Hall–Kier alpha value is -4.29. The number of carbonyl (C=O) groups excluding carboxylic acids is 4. The fraction of sp³-hybridized carbons (Fsp3) is 0.226. The van der Waals surface area contributed by atoms with E-state index in [0.29, 0.717) is 32.9 Å². The van der Waals surface area contributed by atoms with Gasteiger partial charge in [0.15, 0.2) is 0 Å². The molecule has 0 atom stereocenters. The first-order valence-electron chi connectivity index (χ1n) is 12.7. The van der Waals surface area contributed by atoms with Crippen molar-refractivity contribution < 1.29 is 33.2 Å². The fourth-order valence-electron chi connectivity index (χ4n) is 4.21. The van der Waals surface area contributed by atoms with Gasteiger partial charge in [0, 0.05) is 16.2 Å². The standard InChI is InChI=1S/C31H32NO7P/c1-4-27(33)32-17-18-38-28(34)15-16-29(35)39-21-24-19-22(2)30(23(3)20-24)31(36)40(37,25-11-7-5-8-12-25)26-13-9-6-10-14-26/h4-14,19-20H,1,15-18,21H2,2-3H3,(H,32,33). The van der Waals surface area contributed by atoms with E-state index in [4.69, 9.17) is 9.47 Å². The van der Waals surface area contributed by atoms with E-state index in [0.717, 1.165) is 6.08 Å². The molecular formula is C31H32NO7P. The molecule has 1 N–H and O–H groups in total. The normalized spacial score (nSPS) is 10.8. The van der Waals surface area contributed by atoms with Crippen LogP contribution in [-0.2, 0) is 35.0 Å². The van der Waals surface area contributed by atoms with E-state index in [-0.39, 0.29) is 38.5 Å². The molecule has 208 valence electrons. The molecule has 0 bridgehead atoms. The van der Waals surface area contributed by atoms with Crippen LogP contribution in [0.5, 0.6) is 0 Å². The van der Waals surface area contributed by atoms with E-state index < -0.39 is 24.6 Å². The predicted molar refractivity (Wildman–Crippen MR) is 153 cm³/mol. The number of ether oxygens (including phenoxy) is 2. The molecule has 0 saturated heterocycles. The molecule has 0 heterocycles. The quantitative estimate of drug-likeness (QED) is 0.144. The molecule has 3 rings (SSSR count). The summed E-state index contributed by atoms with van der Waals surface area (Å²) in [5.74, 6) is -1.53. The van der Waals surface area contributed by atoms with Crippen LogP contribution in [0.25, 0.3) is 0 Å². The summed E-state index contributed by atoms with van der Waals surface area (Å²) in [6.45, 7) is 6.92. The molecule has 3 aromatic rings. The summed E-state index contributed by atoms with van der Waals surface area (Å²) in [7, 11) is -3.67. The maximum Gasteiger partial charge on any atom is 0.306 e. The number of benzene rings is 3. The van der Waals surface area contributed by atoms with Crippen molar-refractivity contribution in [2.45, 2.75) is 33.3 Å². The van der Waals surface area contributed by atoms with Gasteiger partial charge in [-0.15, -0.1) is 0 Å². The number of amides is 1. The van der Waals surface area contributed by atoms with Gasteiger partial charge in [0.1, 0.15) is 13.2 Å². The van der Waals surface area contributed by atoms with Crippen molar-refractivity contribution in [2.24, 2.45) is 0 Å². The van der Waals surface area contributed by atoms with Gasteiger partial charge in [0.05, 0.1) is 19.4 Å². The highest BCUT2D eigenvalue weighted by molar-refractivity contribution is 7.93. The topological polar surface area (TPSA) is 116 Å². The van der Waals surface area contributed by atoms with Gasteiger partial charge in [0.2, 0.25) is 18.6 Å². The Morgan fingerprint density at radius 3 is 1.82 bits per heavy atom. The van der Waals surface area contributed by atoms with E-state index >= 15 is 0 Å². The van der Waals surface area contributed by atoms with Gasteiger partial charge in [-0.05, 0) is 36.6 Å². The average molecular weight is 562 g/mol. The molecule has 0 unspecified atom stereocenters. The monoisotopic (exact) mass is 561 g/mol. The second-order valence-electron chi connectivity index (χ2n) is 9.07. The molecule has 0 radical (unpaired) electrons. The van der Waals surface area contributed by atoms with Crippen LogP contribution in [0.3, 0.4) is 0 Å². The summed E-state index contributed by atoms with van der Waals surface area (Å²) in [6.07, 6.45) is 0.789. The number of rotatable bonds is 13. The van der Waals surface area contributed by atoms with Gasteiger partial charge in [-0.3, -0.25) is 19.2 Å². The highest BCUT2D eigenvalue weighted by atomic mass is 31.2. The number of hydrogen-bond donors (Lipinski definition) is 1. The van der Waals surface area contributed by atoms with Gasteiger partial charge in [-0.1, -0.05) is 79.4 Å². The molecule has 0 aliphatic rings. The van der Waals surface area contributed by atoms with E-state index in [9.17, 15) is 23.7 Å². The van der Waals surface area contributed by atoms with E-state index in [1.165, 1.54) is 0 Å². The highest BCUT2D eigenvalue weighted by Gasteiger charge is 2.38. The largest absolute Gasteiger partial charge is 0.464 e. The van der Waals surface area contributed by atoms with Gasteiger partial charge in [-0.2, -0.15) is 0 Å². The minimum atomic E-state index is -3.67. The predicted octanol–water partition coefficient (Wildman–Crippen LogP) is 4.13. The van der Waals surface area contributed by atoms with Crippen LogP contribution in [0.4, 0.5) is 0 Å². The van der Waals surface area contributed by atoms with Gasteiger partial charge in [-0.25, -0.2) is 0 Å². The molecule has 0 spiro atoms. The Kier molecular flexibility index (Phi) is 10.7. The van der Waals surface area contributed by atoms with Crippen LogP contribution in [0.1, 0.15) is 39.9 Å². The highest BCUT2D eigenvalue weighted by Crippen LogP contribution is 2.48. The van der Waals surface area contributed by atoms with Crippen molar-refractivity contribution in [3.63, 3.8) is 0 Å². The zero-order chi connectivity index (χ0) is 29.1. The summed E-state index contributed by atoms with van der Waals surface area (Å²) in [5, 5.41) is 3.40. The minimum Gasteiger partial charge on any atom is -0.464 e. The summed E-state index contributed by atoms with van der Waals surface area (Å²) >= 11 is 0. The Bertz CT molecular complexity index is 1370. The lowest BCUT2D eigenvalue weighted by atomic mass is 10.0. The molecular weight excluding hydrogens is 529 g/mol. The molecule has 0 aromatic heterocycles. The van der Waals surface area contributed by atoms with Crippen LogP contribution in [0.2, 0.25) is 0 Å². The zero-order valence-corrected chi connectivity index (χ0v) is 23.4. The Morgan fingerprint density at radius 2 is 1.32 bits per heavy atom. The zero-order valence-electron chi connectivity index (χ0n) is 22.6. The third-order valence-corrected chi connectivity index (χ3v) is 8.96. The Balaban J connectivity index is 1.66. The smallest absolute Gasteiger partial charge is 0.306 e. The molecule has 3 aromatic carbocycles. The van der Waals surface area contributed by atoms with Crippen LogP contribution < -0.4 is 15.9 Å². The lowest BCUT2D eigenvalue weighted by molar-refractivity contribution is -0.151. The number of nitrogens with one attached hydrogen (secondary N) is 1. The third kappa shape index (κ3) is 7.64. The van der Waals surface area contributed by atoms with Gasteiger partial charge < -0.3 is 19.4 Å².